The third kappa shape index (κ3) is 34.2. The van der Waals surface area contributed by atoms with Gasteiger partial charge in [0.25, 0.3) is 80.3 Å². The van der Waals surface area contributed by atoms with Crippen molar-refractivity contribution in [2.45, 2.75) is 229 Å². The Kier molecular flexibility index (Phi) is 47.3. The van der Waals surface area contributed by atoms with E-state index in [9.17, 15) is 138 Å². The molecule has 0 aliphatic heterocycles. The zero-order valence-electron chi connectivity index (χ0n) is 83.2. The molecule has 0 bridgehead atoms. The molecule has 0 saturated heterocycles. The van der Waals surface area contributed by atoms with E-state index in [1.165, 1.54) is 78.9 Å². The second-order valence-electron chi connectivity index (χ2n) is 35.2. The van der Waals surface area contributed by atoms with E-state index in [0.29, 0.717) is 63.3 Å². The Morgan fingerprint density at radius 2 is 0.685 bits per heavy atom. The normalized spacial score (nSPS) is 13.6. The number of benzene rings is 8. The topological polar surface area (TPSA) is 628 Å². The molecular formula is C104H117N7O35. The summed E-state index contributed by atoms with van der Waals surface area (Å²) in [5.41, 5.74) is 2.94. The number of Topliss-reactive ketones (excluding diaryl/α,β-unsaturated/α-hetero) is 7. The predicted molar refractivity (Wildman–Crippen MR) is 529 cm³/mol. The van der Waals surface area contributed by atoms with E-state index >= 15 is 0 Å². The summed E-state index contributed by atoms with van der Waals surface area (Å²) in [5, 5.41) is 95.8. The highest BCUT2D eigenvalue weighted by atomic mass is 16.7. The fraction of sp³-hybridized carbons (Fsp3) is 0.404. The molecule has 11 rings (SSSR count). The van der Waals surface area contributed by atoms with Gasteiger partial charge in [0, 0.05) is 109 Å². The molecule has 778 valence electrons. The summed E-state index contributed by atoms with van der Waals surface area (Å²) in [6, 6.07) is 36.5. The van der Waals surface area contributed by atoms with Gasteiger partial charge in [0.1, 0.15) is 5.56 Å². The van der Waals surface area contributed by atoms with E-state index in [-0.39, 0.29) is 130 Å². The van der Waals surface area contributed by atoms with Gasteiger partial charge in [0.05, 0.1) is 67.5 Å². The van der Waals surface area contributed by atoms with Crippen LogP contribution in [0.5, 0.6) is 0 Å². The Hall–Kier alpha value is -16.5. The molecule has 0 heterocycles. The van der Waals surface area contributed by atoms with Gasteiger partial charge in [-0.2, -0.15) is 0 Å². The number of carbonyl (C=O) groups excluding carboxylic acids is 12. The van der Waals surface area contributed by atoms with E-state index in [1.54, 1.807) is 84.0 Å². The number of aliphatic carboxylic acids is 2. The van der Waals surface area contributed by atoms with Crippen molar-refractivity contribution in [3.8, 4) is 11.1 Å². The summed E-state index contributed by atoms with van der Waals surface area (Å²) in [6.07, 6.45) is 15.1. The maximum atomic E-state index is 12.0. The number of nitrogens with zero attached hydrogens (tertiary/aromatic N) is 7. The van der Waals surface area contributed by atoms with Crippen molar-refractivity contribution >= 4 is 122 Å². The van der Waals surface area contributed by atoms with E-state index in [0.717, 1.165) is 120 Å². The lowest BCUT2D eigenvalue weighted by molar-refractivity contribution is -0.386. The fourth-order valence-corrected chi connectivity index (χ4v) is 16.5. The number of esters is 5. The number of ketones is 7. The highest BCUT2D eigenvalue weighted by Gasteiger charge is 2.37. The molecular weight excluding hydrogens is 1910 g/mol. The second-order valence-corrected chi connectivity index (χ2v) is 35.2. The van der Waals surface area contributed by atoms with E-state index in [2.05, 4.69) is 30.6 Å². The first-order valence-electron chi connectivity index (χ1n) is 47.1. The van der Waals surface area contributed by atoms with E-state index in [4.69, 9.17) is 10.2 Å². The SMILES string of the molecule is CCOC(=O)C(=O)c1ccc(C(C)(C)C)c([N+](=O)[O-])c1.CCOC(=O)C(=O)c1ccc(C(C)C)c([N+](=O)[O-])c1.CCOC(=O)C(=O)c1ccc(C2CCCCC2C)c([N+](=O)[O-])c1.CCOC(=O)C(=O)c1ccc(C2CCCCCC2)c([N+](=O)[O-])c1.CCOC(=O)C(=O)c1ccc(CC(C)C)c([N+](=O)[O-])c1.CCc1c(-c2ccccc2)ccc(C(=O)C(=O)O)c1[N+](=O)[O-].O=C(O)C(=O)c1ccc(C2CCCC2)c([N+](=O)[O-])c1. The minimum Gasteiger partial charge on any atom is -0.475 e. The molecule has 3 aliphatic carbocycles. The van der Waals surface area contributed by atoms with Gasteiger partial charge in [0.2, 0.25) is 0 Å². The number of nitro groups is 7. The lowest BCUT2D eigenvalue weighted by Crippen LogP contribution is -2.19. The highest BCUT2D eigenvalue weighted by Crippen LogP contribution is 2.44. The third-order valence-corrected chi connectivity index (χ3v) is 23.5. The van der Waals surface area contributed by atoms with Crippen LogP contribution < -0.4 is 0 Å². The number of nitro benzene ring substituents is 7. The molecule has 3 aliphatic rings. The molecule has 0 aromatic heterocycles. The Labute approximate surface area is 838 Å². The Bertz CT molecular complexity index is 6220. The maximum Gasteiger partial charge on any atom is 0.379 e. The van der Waals surface area contributed by atoms with Crippen molar-refractivity contribution in [3.63, 3.8) is 0 Å². The van der Waals surface area contributed by atoms with Gasteiger partial charge in [-0.25, -0.2) is 33.6 Å². The highest BCUT2D eigenvalue weighted by molar-refractivity contribution is 6.43. The molecule has 2 N–H and O–H groups in total. The van der Waals surface area contributed by atoms with E-state index < -0.39 is 133 Å². The minimum absolute atomic E-state index is 0.00219. The van der Waals surface area contributed by atoms with Crippen LogP contribution in [-0.2, 0) is 75.5 Å². The Balaban J connectivity index is 0.000000300. The molecule has 3 saturated carbocycles. The third-order valence-electron chi connectivity index (χ3n) is 23.5. The van der Waals surface area contributed by atoms with Gasteiger partial charge < -0.3 is 33.9 Å². The van der Waals surface area contributed by atoms with Gasteiger partial charge in [-0.15, -0.1) is 0 Å². The summed E-state index contributed by atoms with van der Waals surface area (Å²) in [6.45, 7) is 25.2. The minimum atomic E-state index is -1.71. The average Bonchev–Trinajstić information content (AvgIpc) is 0.970. The lowest BCUT2D eigenvalue weighted by Gasteiger charge is -2.28. The summed E-state index contributed by atoms with van der Waals surface area (Å²) in [5.74, 6) is -14.1. The quantitative estimate of drug-likeness (QED) is 0.00719. The van der Waals surface area contributed by atoms with Crippen molar-refractivity contribution in [2.24, 2.45) is 11.8 Å². The van der Waals surface area contributed by atoms with Crippen LogP contribution >= 0.6 is 0 Å². The summed E-state index contributed by atoms with van der Waals surface area (Å²) in [4.78, 5) is 235. The standard InChI is InChI=1S/2C17H21NO5.C16H13NO5.2C14H17NO5.C13H13NO5.C13H15NO5/c1-3-23-17(20)16(19)12-8-9-14(15(10-12)18(21)22)13-7-5-4-6-11(13)2;1-2-23-17(20)16(19)13-9-10-14(15(11-13)18(21)22)12-7-5-3-4-6-8-12;1-2-11-12(10-6-4-3-5-7-10)8-9-13(14(11)17(21)22)15(18)16(19)20;1-5-20-13(17)12(16)9-6-7-10(14(2,3)4)11(8-9)15(18)19;1-4-20-14(17)13(16)11-6-5-10(7-9(2)3)12(8-11)15(18)19;15-12(13(16)17)9-5-6-10(8-3-1-2-4-8)11(7-9)14(18)19;1-4-19-13(16)12(15)9-5-6-10(8(2)3)11(7-9)14(17)18/h8-11,13H,3-7H2,1-2H3;9-12H,2-8H2,1H3;3-9H,2H2,1H3,(H,19,20);6-8H,5H2,1-4H3;5-6,8-9H,4,7H2,1-3H3;5-8H,1-4H2,(H,16,17);5-8H,4H2,1-3H3. The first-order chi connectivity index (χ1) is 68.9. The van der Waals surface area contributed by atoms with Gasteiger partial charge in [0.15, 0.2) is 0 Å². The summed E-state index contributed by atoms with van der Waals surface area (Å²) < 4.78 is 23.1. The fourth-order valence-electron chi connectivity index (χ4n) is 16.5. The van der Waals surface area contributed by atoms with Gasteiger partial charge in [-0.3, -0.25) is 104 Å². The van der Waals surface area contributed by atoms with Crippen molar-refractivity contribution in [3.05, 3.63) is 300 Å². The molecule has 0 spiro atoms. The van der Waals surface area contributed by atoms with Gasteiger partial charge in [-0.1, -0.05) is 193 Å². The molecule has 42 nitrogen and oxygen atoms in total. The van der Waals surface area contributed by atoms with Gasteiger partial charge >= 0.3 is 41.8 Å². The van der Waals surface area contributed by atoms with Gasteiger partial charge in [-0.05, 0) is 174 Å². The molecule has 146 heavy (non-hydrogen) atoms. The zero-order chi connectivity index (χ0) is 109. The molecule has 0 amide bonds. The Morgan fingerprint density at radius 3 is 1.03 bits per heavy atom. The van der Waals surface area contributed by atoms with Crippen molar-refractivity contribution < 1.29 is 135 Å². The molecule has 3 fully saturated rings. The average molecular weight is 2030 g/mol. The van der Waals surface area contributed by atoms with Crippen LogP contribution in [0.3, 0.4) is 0 Å². The van der Waals surface area contributed by atoms with Crippen LogP contribution in [0.2, 0.25) is 0 Å². The molecule has 0 radical (unpaired) electrons. The predicted octanol–water partition coefficient (Wildman–Crippen LogP) is 20.7. The largest absolute Gasteiger partial charge is 0.475 e. The number of rotatable bonds is 34. The monoisotopic (exact) mass is 2020 g/mol. The zero-order valence-corrected chi connectivity index (χ0v) is 83.2. The smallest absolute Gasteiger partial charge is 0.379 e. The maximum absolute atomic E-state index is 12.0. The number of ether oxygens (including phenoxy) is 5. The molecule has 8 aromatic rings. The van der Waals surface area contributed by atoms with Crippen molar-refractivity contribution in [1.82, 2.24) is 0 Å². The number of hydrogen-bond acceptors (Lipinski definition) is 33. The molecule has 8 aromatic carbocycles. The summed E-state index contributed by atoms with van der Waals surface area (Å²) >= 11 is 0. The molecule has 2 atom stereocenters. The van der Waals surface area contributed by atoms with Crippen LogP contribution in [0.15, 0.2) is 152 Å². The van der Waals surface area contributed by atoms with Crippen molar-refractivity contribution in [2.75, 3.05) is 33.0 Å². The number of hydrogen-bond donors (Lipinski definition) is 2. The Morgan fingerprint density at radius 1 is 0.356 bits per heavy atom. The van der Waals surface area contributed by atoms with Crippen LogP contribution in [-0.4, -0.2) is 160 Å². The lowest BCUT2D eigenvalue weighted by atomic mass is 9.76. The first kappa shape index (κ1) is 120. The van der Waals surface area contributed by atoms with Crippen LogP contribution in [0.1, 0.15) is 322 Å². The van der Waals surface area contributed by atoms with Crippen molar-refractivity contribution in [1.29, 1.82) is 0 Å². The second kappa shape index (κ2) is 57.6. The number of carboxylic acids is 2. The van der Waals surface area contributed by atoms with Crippen LogP contribution in [0, 0.1) is 82.6 Å². The first-order valence-corrected chi connectivity index (χ1v) is 47.1. The van der Waals surface area contributed by atoms with E-state index in [1.807, 2.05) is 54.5 Å². The number of carboxylic acid groups (broad SMARTS) is 2. The van der Waals surface area contributed by atoms with Crippen LogP contribution in [0.4, 0.5) is 39.8 Å². The van der Waals surface area contributed by atoms with Crippen LogP contribution in [0.25, 0.3) is 11.1 Å². The number of carbonyl (C=O) groups is 14. The molecule has 2 unspecified atom stereocenters. The summed E-state index contributed by atoms with van der Waals surface area (Å²) in [7, 11) is 0. The molecule has 42 heteroatoms.